The maximum atomic E-state index is 11.5. The zero-order valence-electron chi connectivity index (χ0n) is 9.04. The minimum absolute atomic E-state index is 0.0399. The molecule has 0 atom stereocenters. The number of hydrogen-bond acceptors (Lipinski definition) is 3. The molecular weight excluding hydrogens is 208 g/mol. The maximum Gasteiger partial charge on any atom is 0.225 e. The fraction of sp³-hybridized carbons (Fsp3) is 0.364. The summed E-state index contributed by atoms with van der Waals surface area (Å²) in [7, 11) is 0. The third-order valence-electron chi connectivity index (χ3n) is 2.18. The summed E-state index contributed by atoms with van der Waals surface area (Å²) in [6, 6.07) is 5.53. The summed E-state index contributed by atoms with van der Waals surface area (Å²) in [5, 5.41) is 2.85. The van der Waals surface area contributed by atoms with Crippen LogP contribution in [0.15, 0.2) is 18.2 Å². The monoisotopic (exact) mass is 224 g/mol. The third-order valence-corrected chi connectivity index (χ3v) is 2.80. The second-order valence-electron chi connectivity index (χ2n) is 3.31. The van der Waals surface area contributed by atoms with E-state index < -0.39 is 0 Å². The molecule has 0 fully saturated rings. The van der Waals surface area contributed by atoms with Crippen molar-refractivity contribution in [1.82, 2.24) is 0 Å². The second kappa shape index (κ2) is 5.66. The highest BCUT2D eigenvalue weighted by Gasteiger charge is 2.05. The van der Waals surface area contributed by atoms with Crippen LogP contribution in [0.3, 0.4) is 0 Å². The second-order valence-corrected chi connectivity index (χ2v) is 4.30. The van der Waals surface area contributed by atoms with E-state index in [-0.39, 0.29) is 5.91 Å². The van der Waals surface area contributed by atoms with Crippen LogP contribution in [0, 0.1) is 6.92 Å². The van der Waals surface area contributed by atoms with E-state index in [4.69, 9.17) is 5.73 Å². The first-order chi connectivity index (χ1) is 7.15. The van der Waals surface area contributed by atoms with Crippen molar-refractivity contribution >= 4 is 29.0 Å². The first-order valence-corrected chi connectivity index (χ1v) is 6.18. The molecule has 3 nitrogen and oxygen atoms in total. The van der Waals surface area contributed by atoms with E-state index in [0.29, 0.717) is 12.1 Å². The Hall–Kier alpha value is -1.16. The third kappa shape index (κ3) is 3.47. The first kappa shape index (κ1) is 11.9. The van der Waals surface area contributed by atoms with E-state index in [9.17, 15) is 4.79 Å². The molecule has 0 aromatic heterocycles. The maximum absolute atomic E-state index is 11.5. The predicted octanol–water partition coefficient (Wildman–Crippen LogP) is 2.27. The number of hydrogen-bond donors (Lipinski definition) is 2. The van der Waals surface area contributed by atoms with Crippen LogP contribution >= 0.6 is 11.8 Å². The molecule has 0 aliphatic rings. The lowest BCUT2D eigenvalue weighted by atomic mass is 10.1. The average Bonchev–Trinajstić information content (AvgIpc) is 2.22. The quantitative estimate of drug-likeness (QED) is 0.771. The highest BCUT2D eigenvalue weighted by atomic mass is 32.2. The van der Waals surface area contributed by atoms with Gasteiger partial charge in [0, 0.05) is 23.5 Å². The van der Waals surface area contributed by atoms with Crippen molar-refractivity contribution in [3.8, 4) is 0 Å². The van der Waals surface area contributed by atoms with Gasteiger partial charge in [0.2, 0.25) is 5.91 Å². The zero-order chi connectivity index (χ0) is 11.3. The van der Waals surface area contributed by atoms with Gasteiger partial charge in [-0.25, -0.2) is 0 Å². The van der Waals surface area contributed by atoms with Crippen LogP contribution in [0.25, 0.3) is 0 Å². The molecule has 3 N–H and O–H groups in total. The molecule has 82 valence electrons. The first-order valence-electron chi connectivity index (χ1n) is 4.79. The fourth-order valence-corrected chi connectivity index (χ4v) is 1.59. The largest absolute Gasteiger partial charge is 0.398 e. The Balaban J connectivity index is 2.64. The molecule has 0 unspecified atom stereocenters. The molecule has 0 saturated heterocycles. The van der Waals surface area contributed by atoms with Gasteiger partial charge in [-0.05, 0) is 30.9 Å². The lowest BCUT2D eigenvalue weighted by Gasteiger charge is -2.09. The molecule has 1 rings (SSSR count). The highest BCUT2D eigenvalue weighted by Crippen LogP contribution is 2.20. The van der Waals surface area contributed by atoms with Gasteiger partial charge in [-0.1, -0.05) is 6.07 Å². The summed E-state index contributed by atoms with van der Waals surface area (Å²) in [5.74, 6) is 0.880. The van der Waals surface area contributed by atoms with E-state index >= 15 is 0 Å². The standard InChI is InChI=1S/C11H16N2OS/c1-8-9(12)4-3-5-10(8)13-11(14)6-7-15-2/h3-5H,6-7,12H2,1-2H3,(H,13,14). The summed E-state index contributed by atoms with van der Waals surface area (Å²) < 4.78 is 0. The number of anilines is 2. The molecule has 0 aliphatic carbocycles. The van der Waals surface area contributed by atoms with Gasteiger partial charge in [-0.3, -0.25) is 4.79 Å². The van der Waals surface area contributed by atoms with E-state index in [0.717, 1.165) is 17.0 Å². The minimum atomic E-state index is 0.0399. The molecule has 1 aromatic carbocycles. The van der Waals surface area contributed by atoms with Gasteiger partial charge in [-0.2, -0.15) is 11.8 Å². The topological polar surface area (TPSA) is 55.1 Å². The summed E-state index contributed by atoms with van der Waals surface area (Å²) >= 11 is 1.66. The summed E-state index contributed by atoms with van der Waals surface area (Å²) in [4.78, 5) is 11.5. The van der Waals surface area contributed by atoms with Gasteiger partial charge in [0.1, 0.15) is 0 Å². The van der Waals surface area contributed by atoms with Crippen LogP contribution in [-0.2, 0) is 4.79 Å². The van der Waals surface area contributed by atoms with Crippen LogP contribution in [0.5, 0.6) is 0 Å². The molecule has 0 radical (unpaired) electrons. The lowest BCUT2D eigenvalue weighted by molar-refractivity contribution is -0.115. The number of thioether (sulfide) groups is 1. The van der Waals surface area contributed by atoms with Crippen LogP contribution in [0.4, 0.5) is 11.4 Å². The van der Waals surface area contributed by atoms with E-state index in [1.165, 1.54) is 0 Å². The average molecular weight is 224 g/mol. The molecule has 0 bridgehead atoms. The molecule has 0 aliphatic heterocycles. The van der Waals surface area contributed by atoms with Gasteiger partial charge >= 0.3 is 0 Å². The number of benzene rings is 1. The van der Waals surface area contributed by atoms with Crippen LogP contribution in [0.2, 0.25) is 0 Å². The van der Waals surface area contributed by atoms with Gasteiger partial charge < -0.3 is 11.1 Å². The number of amides is 1. The van der Waals surface area contributed by atoms with Gasteiger partial charge in [0.15, 0.2) is 0 Å². The Morgan fingerprint density at radius 3 is 2.93 bits per heavy atom. The van der Waals surface area contributed by atoms with Crippen molar-refractivity contribution in [3.63, 3.8) is 0 Å². The van der Waals surface area contributed by atoms with Crippen LogP contribution in [-0.4, -0.2) is 17.9 Å². The Morgan fingerprint density at radius 2 is 2.27 bits per heavy atom. The lowest BCUT2D eigenvalue weighted by Crippen LogP contribution is -2.13. The molecule has 1 amide bonds. The van der Waals surface area contributed by atoms with E-state index in [2.05, 4.69) is 5.32 Å². The fourth-order valence-electron chi connectivity index (χ4n) is 1.20. The highest BCUT2D eigenvalue weighted by molar-refractivity contribution is 7.98. The normalized spacial score (nSPS) is 10.0. The van der Waals surface area contributed by atoms with E-state index in [1.807, 2.05) is 31.4 Å². The van der Waals surface area contributed by atoms with Crippen molar-refractivity contribution in [2.24, 2.45) is 0 Å². The Bertz CT molecular complexity index is 352. The van der Waals surface area contributed by atoms with Crippen LogP contribution in [0.1, 0.15) is 12.0 Å². The molecule has 0 heterocycles. The van der Waals surface area contributed by atoms with Gasteiger partial charge in [0.05, 0.1) is 0 Å². The summed E-state index contributed by atoms with van der Waals surface area (Å²) in [6.45, 7) is 1.90. The number of nitrogens with one attached hydrogen (secondary N) is 1. The van der Waals surface area contributed by atoms with E-state index in [1.54, 1.807) is 11.8 Å². The number of carbonyl (C=O) groups is 1. The van der Waals surface area contributed by atoms with Crippen molar-refractivity contribution in [2.45, 2.75) is 13.3 Å². The number of nitrogen functional groups attached to an aromatic ring is 1. The number of nitrogens with two attached hydrogens (primary N) is 1. The van der Waals surface area contributed by atoms with Crippen LogP contribution < -0.4 is 11.1 Å². The molecular formula is C11H16N2OS. The van der Waals surface area contributed by atoms with Crippen molar-refractivity contribution < 1.29 is 4.79 Å². The minimum Gasteiger partial charge on any atom is -0.398 e. The molecule has 1 aromatic rings. The van der Waals surface area contributed by atoms with Crippen molar-refractivity contribution in [3.05, 3.63) is 23.8 Å². The molecule has 15 heavy (non-hydrogen) atoms. The summed E-state index contributed by atoms with van der Waals surface area (Å²) in [6.07, 6.45) is 2.52. The predicted molar refractivity (Wildman–Crippen MR) is 67.2 cm³/mol. The number of carbonyl (C=O) groups excluding carboxylic acids is 1. The Morgan fingerprint density at radius 1 is 1.53 bits per heavy atom. The molecule has 0 spiro atoms. The summed E-state index contributed by atoms with van der Waals surface area (Å²) in [5.41, 5.74) is 8.18. The van der Waals surface area contributed by atoms with Gasteiger partial charge in [0.25, 0.3) is 0 Å². The smallest absolute Gasteiger partial charge is 0.225 e. The van der Waals surface area contributed by atoms with Gasteiger partial charge in [-0.15, -0.1) is 0 Å². The zero-order valence-corrected chi connectivity index (χ0v) is 9.86. The number of rotatable bonds is 4. The van der Waals surface area contributed by atoms with Crippen molar-refractivity contribution in [2.75, 3.05) is 23.1 Å². The Labute approximate surface area is 94.4 Å². The molecule has 0 saturated carbocycles. The molecule has 4 heteroatoms. The SMILES string of the molecule is CSCCC(=O)Nc1cccc(N)c1C. The Kier molecular flexibility index (Phi) is 4.49. The van der Waals surface area contributed by atoms with Crippen molar-refractivity contribution in [1.29, 1.82) is 0 Å².